The lowest BCUT2D eigenvalue weighted by molar-refractivity contribution is -0.136. The van der Waals surface area contributed by atoms with Crippen LogP contribution in [-0.2, 0) is 4.79 Å². The Bertz CT molecular complexity index is 300. The van der Waals surface area contributed by atoms with Crippen molar-refractivity contribution in [1.82, 2.24) is 10.2 Å². The molecule has 3 fully saturated rings. The first-order chi connectivity index (χ1) is 8.77. The number of hydrogen-bond donors (Lipinski definition) is 1. The largest absolute Gasteiger partial charge is 0.342 e. The van der Waals surface area contributed by atoms with Gasteiger partial charge in [0.05, 0.1) is 0 Å². The highest BCUT2D eigenvalue weighted by Crippen LogP contribution is 2.37. The van der Waals surface area contributed by atoms with E-state index in [4.69, 9.17) is 0 Å². The molecule has 3 nitrogen and oxygen atoms in total. The van der Waals surface area contributed by atoms with E-state index in [1.807, 2.05) is 0 Å². The highest BCUT2D eigenvalue weighted by molar-refractivity contribution is 5.76. The van der Waals surface area contributed by atoms with Gasteiger partial charge in [0.15, 0.2) is 0 Å². The van der Waals surface area contributed by atoms with Crippen molar-refractivity contribution in [1.29, 1.82) is 0 Å². The molecule has 3 aliphatic rings. The zero-order chi connectivity index (χ0) is 12.4. The van der Waals surface area contributed by atoms with Crippen molar-refractivity contribution in [3.8, 4) is 0 Å². The number of carbonyl (C=O) groups is 1. The van der Waals surface area contributed by atoms with E-state index in [0.29, 0.717) is 17.2 Å². The van der Waals surface area contributed by atoms with Crippen molar-refractivity contribution < 1.29 is 4.79 Å². The Morgan fingerprint density at radius 2 is 2.06 bits per heavy atom. The topological polar surface area (TPSA) is 32.3 Å². The summed E-state index contributed by atoms with van der Waals surface area (Å²) in [4.78, 5) is 14.5. The molecule has 1 unspecified atom stereocenters. The fourth-order valence-corrected chi connectivity index (χ4v) is 3.87. The second kappa shape index (κ2) is 5.20. The van der Waals surface area contributed by atoms with Crippen molar-refractivity contribution in [2.45, 2.75) is 51.4 Å². The Hall–Kier alpha value is -0.570. The third-order valence-corrected chi connectivity index (χ3v) is 5.26. The smallest absolute Gasteiger partial charge is 0.222 e. The van der Waals surface area contributed by atoms with Crippen LogP contribution >= 0.6 is 0 Å². The highest BCUT2D eigenvalue weighted by atomic mass is 16.2. The molecule has 0 bridgehead atoms. The number of rotatable bonds is 2. The normalized spacial score (nSPS) is 33.4. The predicted octanol–water partition coefficient (Wildman–Crippen LogP) is 2.17. The Kier molecular flexibility index (Phi) is 3.60. The molecule has 0 radical (unpaired) electrons. The molecule has 1 atom stereocenters. The molecule has 1 amide bonds. The van der Waals surface area contributed by atoms with Crippen LogP contribution in [0.15, 0.2) is 0 Å². The third-order valence-electron chi connectivity index (χ3n) is 5.26. The number of hydrogen-bond acceptors (Lipinski definition) is 2. The minimum atomic E-state index is 0.409. The summed E-state index contributed by atoms with van der Waals surface area (Å²) < 4.78 is 0. The van der Waals surface area contributed by atoms with Crippen LogP contribution in [0.1, 0.15) is 51.4 Å². The minimum Gasteiger partial charge on any atom is -0.342 e. The molecule has 2 saturated heterocycles. The van der Waals surface area contributed by atoms with Crippen molar-refractivity contribution in [3.05, 3.63) is 0 Å². The Balaban J connectivity index is 1.56. The molecular formula is C15H26N2O. The number of nitrogens with zero attached hydrogens (tertiary/aromatic N) is 1. The summed E-state index contributed by atoms with van der Waals surface area (Å²) in [5, 5.41) is 3.53. The Morgan fingerprint density at radius 3 is 2.72 bits per heavy atom. The molecule has 2 aliphatic heterocycles. The van der Waals surface area contributed by atoms with Crippen LogP contribution in [0.5, 0.6) is 0 Å². The van der Waals surface area contributed by atoms with Gasteiger partial charge in [-0.15, -0.1) is 0 Å². The lowest BCUT2D eigenvalue weighted by atomic mass is 9.74. The van der Waals surface area contributed by atoms with Crippen LogP contribution in [0.3, 0.4) is 0 Å². The molecule has 1 aliphatic carbocycles. The number of nitrogens with one attached hydrogen (secondary N) is 1. The fourth-order valence-electron chi connectivity index (χ4n) is 3.87. The summed E-state index contributed by atoms with van der Waals surface area (Å²) >= 11 is 0. The average Bonchev–Trinajstić information content (AvgIpc) is 2.34. The number of amides is 1. The molecule has 0 aromatic carbocycles. The fraction of sp³-hybridized carbons (Fsp3) is 0.933. The van der Waals surface area contributed by atoms with E-state index < -0.39 is 0 Å². The van der Waals surface area contributed by atoms with E-state index in [1.165, 1.54) is 44.9 Å². The third kappa shape index (κ3) is 2.56. The molecule has 0 aromatic heterocycles. The van der Waals surface area contributed by atoms with Crippen molar-refractivity contribution in [2.24, 2.45) is 11.3 Å². The number of likely N-dealkylation sites (tertiary alicyclic amines) is 1. The molecule has 3 rings (SSSR count). The summed E-state index contributed by atoms with van der Waals surface area (Å²) in [6.07, 6.45) is 9.84. The first-order valence-corrected chi connectivity index (χ1v) is 7.76. The lowest BCUT2D eigenvalue weighted by Gasteiger charge is -2.46. The first-order valence-electron chi connectivity index (χ1n) is 7.76. The minimum absolute atomic E-state index is 0.409. The van der Waals surface area contributed by atoms with Crippen molar-refractivity contribution in [3.63, 3.8) is 0 Å². The summed E-state index contributed by atoms with van der Waals surface area (Å²) in [6.45, 7) is 4.32. The summed E-state index contributed by atoms with van der Waals surface area (Å²) in [5.41, 5.74) is 0.409. The van der Waals surface area contributed by atoms with E-state index in [9.17, 15) is 4.79 Å². The van der Waals surface area contributed by atoms with Gasteiger partial charge in [-0.3, -0.25) is 4.79 Å². The summed E-state index contributed by atoms with van der Waals surface area (Å²) in [7, 11) is 0. The maximum atomic E-state index is 12.3. The molecule has 2 heterocycles. The molecule has 102 valence electrons. The van der Waals surface area contributed by atoms with Gasteiger partial charge >= 0.3 is 0 Å². The van der Waals surface area contributed by atoms with E-state index in [0.717, 1.165) is 32.6 Å². The van der Waals surface area contributed by atoms with Crippen molar-refractivity contribution >= 4 is 5.91 Å². The second-order valence-electron chi connectivity index (χ2n) is 6.70. The zero-order valence-electron chi connectivity index (χ0n) is 11.4. The molecule has 1 saturated carbocycles. The van der Waals surface area contributed by atoms with Gasteiger partial charge in [0.25, 0.3) is 0 Å². The monoisotopic (exact) mass is 250 g/mol. The highest BCUT2D eigenvalue weighted by Gasteiger charge is 2.38. The molecular weight excluding hydrogens is 224 g/mol. The quantitative estimate of drug-likeness (QED) is 0.814. The van der Waals surface area contributed by atoms with Gasteiger partial charge in [0.1, 0.15) is 0 Å². The Morgan fingerprint density at radius 1 is 1.22 bits per heavy atom. The lowest BCUT2D eigenvalue weighted by Crippen LogP contribution is -2.52. The first kappa shape index (κ1) is 12.5. The van der Waals surface area contributed by atoms with Gasteiger partial charge in [-0.2, -0.15) is 0 Å². The molecule has 0 aromatic rings. The molecule has 1 spiro atoms. The number of piperidine rings is 2. The average molecular weight is 250 g/mol. The van der Waals surface area contributed by atoms with Crippen molar-refractivity contribution in [2.75, 3.05) is 26.2 Å². The van der Waals surface area contributed by atoms with Gasteiger partial charge in [0, 0.05) is 31.5 Å². The van der Waals surface area contributed by atoms with Crippen LogP contribution in [0.25, 0.3) is 0 Å². The van der Waals surface area contributed by atoms with E-state index in [1.54, 1.807) is 0 Å². The van der Waals surface area contributed by atoms with Gasteiger partial charge < -0.3 is 10.2 Å². The predicted molar refractivity (Wildman–Crippen MR) is 72.3 cm³/mol. The maximum absolute atomic E-state index is 12.3. The molecule has 3 heteroatoms. The Labute approximate surface area is 110 Å². The maximum Gasteiger partial charge on any atom is 0.222 e. The van der Waals surface area contributed by atoms with E-state index in [2.05, 4.69) is 10.2 Å². The van der Waals surface area contributed by atoms with Crippen LogP contribution in [0.2, 0.25) is 0 Å². The summed E-state index contributed by atoms with van der Waals surface area (Å²) in [5.74, 6) is 1.14. The van der Waals surface area contributed by atoms with Crippen LogP contribution < -0.4 is 5.32 Å². The van der Waals surface area contributed by atoms with Gasteiger partial charge in [0.2, 0.25) is 5.91 Å². The van der Waals surface area contributed by atoms with Crippen LogP contribution in [0.4, 0.5) is 0 Å². The van der Waals surface area contributed by atoms with Gasteiger partial charge in [-0.25, -0.2) is 0 Å². The van der Waals surface area contributed by atoms with Crippen LogP contribution in [-0.4, -0.2) is 37.0 Å². The molecule has 18 heavy (non-hydrogen) atoms. The van der Waals surface area contributed by atoms with Crippen LogP contribution in [0, 0.1) is 11.3 Å². The summed E-state index contributed by atoms with van der Waals surface area (Å²) in [6, 6.07) is 0. The SMILES string of the molecule is O=C(CC1CCC1)N1CCCC2(CCCNC2)C1. The molecule has 1 N–H and O–H groups in total. The van der Waals surface area contributed by atoms with E-state index in [-0.39, 0.29) is 0 Å². The number of carbonyl (C=O) groups excluding carboxylic acids is 1. The second-order valence-corrected chi connectivity index (χ2v) is 6.70. The van der Waals surface area contributed by atoms with E-state index >= 15 is 0 Å². The standard InChI is InChI=1S/C15H26N2O/c18-14(10-13-4-1-5-13)17-9-3-7-15(12-17)6-2-8-16-11-15/h13,16H,1-12H2. The van der Waals surface area contributed by atoms with Gasteiger partial charge in [-0.1, -0.05) is 6.42 Å². The zero-order valence-corrected chi connectivity index (χ0v) is 11.4. The van der Waals surface area contributed by atoms with Gasteiger partial charge in [-0.05, 0) is 51.0 Å².